The molecule has 7 nitrogen and oxygen atoms in total. The third kappa shape index (κ3) is 2.61. The van der Waals surface area contributed by atoms with E-state index in [4.69, 9.17) is 9.47 Å². The second kappa shape index (κ2) is 6.28. The second-order valence-electron chi connectivity index (χ2n) is 6.23. The predicted molar refractivity (Wildman–Crippen MR) is 96.3 cm³/mol. The number of hydrogen-bond donors (Lipinski definition) is 1. The first-order chi connectivity index (χ1) is 12.5. The number of nitrogens with one attached hydrogen (secondary N) is 1. The quantitative estimate of drug-likeness (QED) is 0.756. The highest BCUT2D eigenvalue weighted by Crippen LogP contribution is 2.40. The molecule has 26 heavy (non-hydrogen) atoms. The van der Waals surface area contributed by atoms with Crippen LogP contribution in [-0.4, -0.2) is 37.6 Å². The maximum atomic E-state index is 13.3. The first kappa shape index (κ1) is 16.8. The Hall–Kier alpha value is -2.61. The fourth-order valence-electron chi connectivity index (χ4n) is 3.47. The van der Waals surface area contributed by atoms with E-state index in [0.717, 1.165) is 18.4 Å². The number of fused-ring (bicyclic) bond motifs is 2. The SMILES string of the molecule is COc1ccc2nc(S(=O)(=O)C3CCCc4c(OC)ccnc43)[nH]c2c1. The largest absolute Gasteiger partial charge is 0.497 e. The van der Waals surface area contributed by atoms with E-state index >= 15 is 0 Å². The van der Waals surface area contributed by atoms with Crippen LogP contribution in [0.4, 0.5) is 0 Å². The molecule has 0 spiro atoms. The van der Waals surface area contributed by atoms with Gasteiger partial charge in [0.15, 0.2) is 0 Å². The van der Waals surface area contributed by atoms with Gasteiger partial charge in [0.1, 0.15) is 16.7 Å². The molecule has 0 amide bonds. The van der Waals surface area contributed by atoms with Gasteiger partial charge in [-0.2, -0.15) is 0 Å². The molecule has 0 aliphatic heterocycles. The van der Waals surface area contributed by atoms with Crippen molar-refractivity contribution in [3.63, 3.8) is 0 Å². The molecule has 0 radical (unpaired) electrons. The summed E-state index contributed by atoms with van der Waals surface area (Å²) in [7, 11) is -0.561. The molecule has 0 saturated heterocycles. The second-order valence-corrected chi connectivity index (χ2v) is 8.27. The number of imidazole rings is 1. The topological polar surface area (TPSA) is 94.2 Å². The van der Waals surface area contributed by atoms with Crippen LogP contribution >= 0.6 is 0 Å². The zero-order valence-corrected chi connectivity index (χ0v) is 15.3. The van der Waals surface area contributed by atoms with Gasteiger partial charge in [-0.25, -0.2) is 13.4 Å². The number of ether oxygens (including phenoxy) is 2. The minimum atomic E-state index is -3.71. The van der Waals surface area contributed by atoms with Crippen LogP contribution in [0, 0.1) is 0 Å². The molecule has 0 bridgehead atoms. The lowest BCUT2D eigenvalue weighted by atomic mass is 9.95. The monoisotopic (exact) mass is 373 g/mol. The van der Waals surface area contributed by atoms with Gasteiger partial charge in [0.05, 0.1) is 30.9 Å². The Bertz CT molecular complexity index is 1080. The number of sulfone groups is 1. The van der Waals surface area contributed by atoms with Crippen LogP contribution in [0.5, 0.6) is 11.5 Å². The highest BCUT2D eigenvalue weighted by Gasteiger charge is 2.37. The number of benzene rings is 1. The summed E-state index contributed by atoms with van der Waals surface area (Å²) in [6.45, 7) is 0. The highest BCUT2D eigenvalue weighted by atomic mass is 32.2. The standard InChI is InChI=1S/C18H19N3O4S/c1-24-11-6-7-13-14(10-11)21-18(20-13)26(22,23)16-5-3-4-12-15(25-2)8-9-19-17(12)16/h6-10,16H,3-5H2,1-2H3,(H,20,21). The molecular formula is C18H19N3O4S. The van der Waals surface area contributed by atoms with Gasteiger partial charge in [-0.3, -0.25) is 4.98 Å². The third-order valence-corrected chi connectivity index (χ3v) is 6.72. The Morgan fingerprint density at radius 2 is 2.04 bits per heavy atom. The normalized spacial score (nSPS) is 17.1. The molecule has 1 aliphatic rings. The highest BCUT2D eigenvalue weighted by molar-refractivity contribution is 7.91. The molecule has 4 rings (SSSR count). The van der Waals surface area contributed by atoms with Crippen LogP contribution in [0.1, 0.15) is 29.3 Å². The van der Waals surface area contributed by atoms with E-state index < -0.39 is 15.1 Å². The minimum absolute atomic E-state index is 0.0387. The van der Waals surface area contributed by atoms with Gasteiger partial charge in [-0.15, -0.1) is 0 Å². The zero-order chi connectivity index (χ0) is 18.3. The molecule has 1 N–H and O–H groups in total. The molecule has 1 aliphatic carbocycles. The molecule has 1 atom stereocenters. The zero-order valence-electron chi connectivity index (χ0n) is 14.5. The number of aromatic amines is 1. The van der Waals surface area contributed by atoms with E-state index in [1.54, 1.807) is 44.7 Å². The Labute approximate surface area is 151 Å². The van der Waals surface area contributed by atoms with Gasteiger partial charge in [0.25, 0.3) is 0 Å². The van der Waals surface area contributed by atoms with E-state index in [2.05, 4.69) is 15.0 Å². The van der Waals surface area contributed by atoms with Gasteiger partial charge in [0, 0.05) is 17.8 Å². The van der Waals surface area contributed by atoms with Crippen molar-refractivity contribution in [1.82, 2.24) is 15.0 Å². The first-order valence-corrected chi connectivity index (χ1v) is 9.88. The van der Waals surface area contributed by atoms with E-state index in [9.17, 15) is 8.42 Å². The number of methoxy groups -OCH3 is 2. The Balaban J connectivity index is 1.81. The number of pyridine rings is 1. The lowest BCUT2D eigenvalue weighted by Crippen LogP contribution is -2.22. The van der Waals surface area contributed by atoms with Crippen molar-refractivity contribution in [3.05, 3.63) is 41.7 Å². The molecule has 1 aromatic carbocycles. The van der Waals surface area contributed by atoms with E-state index in [-0.39, 0.29) is 5.16 Å². The van der Waals surface area contributed by atoms with Crippen LogP contribution in [0.3, 0.4) is 0 Å². The Morgan fingerprint density at radius 3 is 2.81 bits per heavy atom. The molecule has 3 aromatic rings. The predicted octanol–water partition coefficient (Wildman–Crippen LogP) is 2.83. The van der Waals surface area contributed by atoms with Crippen molar-refractivity contribution in [3.8, 4) is 11.5 Å². The average molecular weight is 373 g/mol. The Kier molecular flexibility index (Phi) is 4.07. The molecule has 136 valence electrons. The summed E-state index contributed by atoms with van der Waals surface area (Å²) >= 11 is 0. The number of hydrogen-bond acceptors (Lipinski definition) is 6. The fraction of sp³-hybridized carbons (Fsp3) is 0.333. The van der Waals surface area contributed by atoms with Gasteiger partial charge in [-0.05, 0) is 37.5 Å². The summed E-state index contributed by atoms with van der Waals surface area (Å²) in [4.78, 5) is 11.6. The number of nitrogens with zero attached hydrogens (tertiary/aromatic N) is 2. The van der Waals surface area contributed by atoms with E-state index in [1.807, 2.05) is 0 Å². The summed E-state index contributed by atoms with van der Waals surface area (Å²) in [5.74, 6) is 1.32. The summed E-state index contributed by atoms with van der Waals surface area (Å²) in [5, 5.41) is -0.771. The van der Waals surface area contributed by atoms with Crippen molar-refractivity contribution in [2.45, 2.75) is 29.7 Å². The maximum absolute atomic E-state index is 13.3. The summed E-state index contributed by atoms with van der Waals surface area (Å²) in [6.07, 6.45) is 3.62. The maximum Gasteiger partial charge on any atom is 0.226 e. The molecular weight excluding hydrogens is 354 g/mol. The summed E-state index contributed by atoms with van der Waals surface area (Å²) < 4.78 is 37.1. The van der Waals surface area contributed by atoms with Gasteiger partial charge in [-0.1, -0.05) is 0 Å². The van der Waals surface area contributed by atoms with Crippen LogP contribution in [0.25, 0.3) is 11.0 Å². The van der Waals surface area contributed by atoms with Crippen LogP contribution in [0.15, 0.2) is 35.6 Å². The third-order valence-electron chi connectivity index (χ3n) is 4.78. The number of rotatable bonds is 4. The fourth-order valence-corrected chi connectivity index (χ4v) is 5.20. The molecule has 8 heteroatoms. The molecule has 2 aromatic heterocycles. The van der Waals surface area contributed by atoms with Crippen molar-refractivity contribution < 1.29 is 17.9 Å². The molecule has 2 heterocycles. The Morgan fingerprint density at radius 1 is 1.19 bits per heavy atom. The van der Waals surface area contributed by atoms with Crippen molar-refractivity contribution in [2.75, 3.05) is 14.2 Å². The molecule has 0 fully saturated rings. The van der Waals surface area contributed by atoms with Crippen molar-refractivity contribution in [1.29, 1.82) is 0 Å². The van der Waals surface area contributed by atoms with Crippen LogP contribution in [-0.2, 0) is 16.3 Å². The van der Waals surface area contributed by atoms with Gasteiger partial charge >= 0.3 is 0 Å². The molecule has 0 saturated carbocycles. The lowest BCUT2D eigenvalue weighted by Gasteiger charge is -2.24. The van der Waals surface area contributed by atoms with Gasteiger partial charge in [0.2, 0.25) is 15.0 Å². The molecule has 1 unspecified atom stereocenters. The van der Waals surface area contributed by atoms with Gasteiger partial charge < -0.3 is 14.5 Å². The van der Waals surface area contributed by atoms with Crippen LogP contribution < -0.4 is 9.47 Å². The van der Waals surface area contributed by atoms with E-state index in [0.29, 0.717) is 34.6 Å². The number of aromatic nitrogens is 3. The summed E-state index contributed by atoms with van der Waals surface area (Å²) in [5.41, 5.74) is 2.64. The first-order valence-electron chi connectivity index (χ1n) is 8.34. The van der Waals surface area contributed by atoms with E-state index in [1.165, 1.54) is 0 Å². The smallest absolute Gasteiger partial charge is 0.226 e. The lowest BCUT2D eigenvalue weighted by molar-refractivity contribution is 0.404. The average Bonchev–Trinajstić information content (AvgIpc) is 3.11. The van der Waals surface area contributed by atoms with Crippen molar-refractivity contribution >= 4 is 20.9 Å². The minimum Gasteiger partial charge on any atom is -0.497 e. The number of H-pyrrole nitrogens is 1. The summed E-state index contributed by atoms with van der Waals surface area (Å²) in [6, 6.07) is 6.99. The van der Waals surface area contributed by atoms with Crippen LogP contribution in [0.2, 0.25) is 0 Å². The van der Waals surface area contributed by atoms with Crippen molar-refractivity contribution in [2.24, 2.45) is 0 Å².